The molecule has 1 aliphatic rings. The van der Waals surface area contributed by atoms with E-state index in [2.05, 4.69) is 25.4 Å². The van der Waals surface area contributed by atoms with Gasteiger partial charge < -0.3 is 9.88 Å². The van der Waals surface area contributed by atoms with Crippen molar-refractivity contribution in [3.8, 4) is 0 Å². The van der Waals surface area contributed by atoms with Crippen molar-refractivity contribution in [2.75, 3.05) is 6.54 Å². The van der Waals surface area contributed by atoms with E-state index in [1.54, 1.807) is 21.9 Å². The largest absolute Gasteiger partial charge is 0.348 e. The minimum atomic E-state index is -0.269. The van der Waals surface area contributed by atoms with Crippen molar-refractivity contribution in [3.63, 3.8) is 0 Å². The molecule has 1 amide bonds. The average Bonchev–Trinajstić information content (AvgIpc) is 3.41. The summed E-state index contributed by atoms with van der Waals surface area (Å²) in [6.45, 7) is 0.741. The topological polar surface area (TPSA) is 97.5 Å². The zero-order chi connectivity index (χ0) is 18.4. The van der Waals surface area contributed by atoms with Gasteiger partial charge in [0.15, 0.2) is 0 Å². The maximum atomic E-state index is 13.2. The van der Waals surface area contributed by atoms with Crippen LogP contribution in [0.1, 0.15) is 23.1 Å². The molecule has 4 heterocycles. The first-order valence-electron chi connectivity index (χ1n) is 8.80. The third-order valence-corrected chi connectivity index (χ3v) is 5.09. The lowest BCUT2D eigenvalue weighted by Crippen LogP contribution is -2.43. The molecule has 0 fully saturated rings. The van der Waals surface area contributed by atoms with Gasteiger partial charge in [-0.1, -0.05) is 17.3 Å². The van der Waals surface area contributed by atoms with Crippen molar-refractivity contribution in [1.29, 1.82) is 0 Å². The highest BCUT2D eigenvalue weighted by Crippen LogP contribution is 2.33. The summed E-state index contributed by atoms with van der Waals surface area (Å²) < 4.78 is 3.44. The molecule has 0 saturated heterocycles. The number of carbonyl (C=O) groups excluding carboxylic acids is 1. The fraction of sp³-hybridized carbons (Fsp3) is 0.278. The third kappa shape index (κ3) is 2.50. The van der Waals surface area contributed by atoms with Crippen LogP contribution in [-0.2, 0) is 24.8 Å². The summed E-state index contributed by atoms with van der Waals surface area (Å²) >= 11 is 0. The lowest BCUT2D eigenvalue weighted by atomic mass is 9.99. The van der Waals surface area contributed by atoms with E-state index in [0.717, 1.165) is 34.5 Å². The molecule has 1 aliphatic heterocycles. The minimum absolute atomic E-state index is 0.0227. The summed E-state index contributed by atoms with van der Waals surface area (Å²) in [5.74, 6) is -0.0227. The van der Waals surface area contributed by atoms with Crippen LogP contribution in [0, 0.1) is 0 Å². The van der Waals surface area contributed by atoms with Gasteiger partial charge in [0.25, 0.3) is 0 Å². The predicted octanol–water partition coefficient (Wildman–Crippen LogP) is 1.06. The number of carbonyl (C=O) groups is 1. The SMILES string of the molecule is Cn1nccc1C1c2nc[nH]c2CCN1C(=O)Cn1nnc2ccccc21. The molecule has 4 aromatic rings. The van der Waals surface area contributed by atoms with Crippen molar-refractivity contribution in [2.45, 2.75) is 19.0 Å². The van der Waals surface area contributed by atoms with Crippen LogP contribution in [0.5, 0.6) is 0 Å². The Labute approximate surface area is 154 Å². The molecule has 1 unspecified atom stereocenters. The number of rotatable bonds is 3. The van der Waals surface area contributed by atoms with E-state index in [9.17, 15) is 4.79 Å². The summed E-state index contributed by atoms with van der Waals surface area (Å²) in [5.41, 5.74) is 4.50. The van der Waals surface area contributed by atoms with Gasteiger partial charge in [-0.05, 0) is 18.2 Å². The molecular weight excluding hydrogens is 344 g/mol. The number of aryl methyl sites for hydroxylation is 1. The number of nitrogens with one attached hydrogen (secondary N) is 1. The molecule has 0 saturated carbocycles. The van der Waals surface area contributed by atoms with Crippen LogP contribution in [0.2, 0.25) is 0 Å². The molecular formula is C18H18N8O. The number of aromatic nitrogens is 7. The molecule has 9 nitrogen and oxygen atoms in total. The number of benzene rings is 1. The van der Waals surface area contributed by atoms with Crippen LogP contribution in [0.15, 0.2) is 42.9 Å². The van der Waals surface area contributed by atoms with Gasteiger partial charge in [-0.2, -0.15) is 5.10 Å². The number of aromatic amines is 1. The van der Waals surface area contributed by atoms with E-state index in [1.165, 1.54) is 0 Å². The molecule has 27 heavy (non-hydrogen) atoms. The van der Waals surface area contributed by atoms with Gasteiger partial charge in [0.2, 0.25) is 5.91 Å². The van der Waals surface area contributed by atoms with Crippen molar-refractivity contribution >= 4 is 16.9 Å². The summed E-state index contributed by atoms with van der Waals surface area (Å²) in [5, 5.41) is 12.6. The number of para-hydroxylation sites is 1. The molecule has 1 N–H and O–H groups in total. The van der Waals surface area contributed by atoms with E-state index in [0.29, 0.717) is 6.54 Å². The molecule has 5 rings (SSSR count). The first-order chi connectivity index (χ1) is 13.2. The summed E-state index contributed by atoms with van der Waals surface area (Å²) in [4.78, 5) is 22.8. The van der Waals surface area contributed by atoms with Crippen LogP contribution < -0.4 is 0 Å². The number of fused-ring (bicyclic) bond motifs is 2. The van der Waals surface area contributed by atoms with E-state index < -0.39 is 0 Å². The van der Waals surface area contributed by atoms with Crippen LogP contribution >= 0.6 is 0 Å². The first-order valence-corrected chi connectivity index (χ1v) is 8.80. The van der Waals surface area contributed by atoms with Crippen LogP contribution in [0.3, 0.4) is 0 Å². The molecule has 1 aromatic carbocycles. The number of hydrogen-bond donors (Lipinski definition) is 1. The Bertz CT molecular complexity index is 1120. The third-order valence-electron chi connectivity index (χ3n) is 5.09. The van der Waals surface area contributed by atoms with Gasteiger partial charge in [-0.3, -0.25) is 9.48 Å². The second-order valence-electron chi connectivity index (χ2n) is 6.62. The summed E-state index contributed by atoms with van der Waals surface area (Å²) in [6, 6.07) is 9.30. The fourth-order valence-corrected chi connectivity index (χ4v) is 3.75. The summed E-state index contributed by atoms with van der Waals surface area (Å²) in [7, 11) is 1.88. The predicted molar refractivity (Wildman–Crippen MR) is 96.6 cm³/mol. The fourth-order valence-electron chi connectivity index (χ4n) is 3.75. The molecule has 0 bridgehead atoms. The normalized spacial score (nSPS) is 16.6. The van der Waals surface area contributed by atoms with Crippen molar-refractivity contribution in [1.82, 2.24) is 39.6 Å². The van der Waals surface area contributed by atoms with E-state index in [4.69, 9.17) is 0 Å². The monoisotopic (exact) mass is 362 g/mol. The maximum Gasteiger partial charge on any atom is 0.245 e. The first kappa shape index (κ1) is 15.7. The second-order valence-corrected chi connectivity index (χ2v) is 6.62. The number of nitrogens with zero attached hydrogens (tertiary/aromatic N) is 7. The van der Waals surface area contributed by atoms with E-state index in [-0.39, 0.29) is 18.5 Å². The Kier molecular flexibility index (Phi) is 3.52. The van der Waals surface area contributed by atoms with Crippen LogP contribution in [0.25, 0.3) is 11.0 Å². The van der Waals surface area contributed by atoms with Gasteiger partial charge in [0.05, 0.1) is 23.2 Å². The van der Waals surface area contributed by atoms with E-state index in [1.807, 2.05) is 42.3 Å². The molecule has 1 atom stereocenters. The zero-order valence-electron chi connectivity index (χ0n) is 14.8. The van der Waals surface area contributed by atoms with Gasteiger partial charge in [0, 0.05) is 31.9 Å². The van der Waals surface area contributed by atoms with Crippen molar-refractivity contribution in [3.05, 3.63) is 59.9 Å². The lowest BCUT2D eigenvalue weighted by molar-refractivity contribution is -0.134. The molecule has 0 radical (unpaired) electrons. The number of hydrogen-bond acceptors (Lipinski definition) is 5. The van der Waals surface area contributed by atoms with Gasteiger partial charge in [-0.25, -0.2) is 9.67 Å². The maximum absolute atomic E-state index is 13.2. The molecule has 136 valence electrons. The average molecular weight is 362 g/mol. The van der Waals surface area contributed by atoms with Gasteiger partial charge in [-0.15, -0.1) is 5.10 Å². The van der Waals surface area contributed by atoms with Gasteiger partial charge in [0.1, 0.15) is 18.1 Å². The number of amides is 1. The standard InChI is InChI=1S/C18H18N8O/c1-24-15(6-8-21-24)18-17-13(19-11-20-17)7-9-25(18)16(27)10-26-14-5-3-2-4-12(14)22-23-26/h2-6,8,11,18H,7,9-10H2,1H3,(H,19,20). The molecule has 3 aromatic heterocycles. The highest BCUT2D eigenvalue weighted by Gasteiger charge is 2.35. The number of imidazole rings is 1. The Hall–Kier alpha value is -3.49. The number of H-pyrrole nitrogens is 1. The van der Waals surface area contributed by atoms with Crippen molar-refractivity contribution in [2.24, 2.45) is 7.05 Å². The Morgan fingerprint density at radius 1 is 1.30 bits per heavy atom. The highest BCUT2D eigenvalue weighted by atomic mass is 16.2. The lowest BCUT2D eigenvalue weighted by Gasteiger charge is -2.35. The molecule has 0 spiro atoms. The second kappa shape index (κ2) is 6.04. The zero-order valence-corrected chi connectivity index (χ0v) is 14.8. The van der Waals surface area contributed by atoms with Crippen LogP contribution in [0.4, 0.5) is 0 Å². The van der Waals surface area contributed by atoms with Crippen molar-refractivity contribution < 1.29 is 4.79 Å². The Morgan fingerprint density at radius 2 is 2.19 bits per heavy atom. The Morgan fingerprint density at radius 3 is 3.04 bits per heavy atom. The smallest absolute Gasteiger partial charge is 0.245 e. The van der Waals surface area contributed by atoms with E-state index >= 15 is 0 Å². The molecule has 0 aliphatic carbocycles. The van der Waals surface area contributed by atoms with Gasteiger partial charge >= 0.3 is 0 Å². The Balaban J connectivity index is 1.51. The van der Waals surface area contributed by atoms with Crippen LogP contribution in [-0.4, -0.2) is 52.1 Å². The minimum Gasteiger partial charge on any atom is -0.348 e. The quantitative estimate of drug-likeness (QED) is 0.588. The molecule has 9 heteroatoms. The highest BCUT2D eigenvalue weighted by molar-refractivity contribution is 5.80. The summed E-state index contributed by atoms with van der Waals surface area (Å²) in [6.07, 6.45) is 4.17.